The van der Waals surface area contributed by atoms with E-state index >= 15 is 0 Å². The molecule has 1 heterocycles. The van der Waals surface area contributed by atoms with Crippen LogP contribution in [-0.4, -0.2) is 52.3 Å². The number of halogens is 1. The highest BCUT2D eigenvalue weighted by Crippen LogP contribution is 2.27. The van der Waals surface area contributed by atoms with Gasteiger partial charge in [0.2, 0.25) is 0 Å². The Morgan fingerprint density at radius 1 is 1.32 bits per heavy atom. The van der Waals surface area contributed by atoms with Crippen LogP contribution in [0.25, 0.3) is 0 Å². The highest BCUT2D eigenvalue weighted by Gasteiger charge is 2.38. The smallest absolute Gasteiger partial charge is 0.319 e. The first-order valence-corrected chi connectivity index (χ1v) is 9.10. The molecule has 1 fully saturated rings. The van der Waals surface area contributed by atoms with Gasteiger partial charge in [-0.1, -0.05) is 0 Å². The van der Waals surface area contributed by atoms with Crippen molar-refractivity contribution in [2.45, 2.75) is 12.1 Å². The van der Waals surface area contributed by atoms with Gasteiger partial charge in [0.15, 0.2) is 9.84 Å². The third-order valence-corrected chi connectivity index (χ3v) is 5.70. The number of carbonyl (C=O) groups excluding carboxylic acids is 1. The Morgan fingerprint density at radius 3 is 2.64 bits per heavy atom. The van der Waals surface area contributed by atoms with E-state index < -0.39 is 28.0 Å². The molecular weight excluding hydrogens is 376 g/mol. The molecule has 0 aromatic heterocycles. The average molecular weight is 393 g/mol. The molecule has 1 saturated heterocycles. The van der Waals surface area contributed by atoms with Crippen molar-refractivity contribution in [3.8, 4) is 5.75 Å². The van der Waals surface area contributed by atoms with Crippen molar-refractivity contribution in [2.24, 2.45) is 0 Å². The van der Waals surface area contributed by atoms with E-state index in [4.69, 9.17) is 9.47 Å². The van der Waals surface area contributed by atoms with Crippen LogP contribution in [0.4, 0.5) is 10.5 Å². The zero-order valence-electron chi connectivity index (χ0n) is 12.1. The topological polar surface area (TPSA) is 93.7 Å². The van der Waals surface area contributed by atoms with Gasteiger partial charge in [-0.3, -0.25) is 0 Å². The van der Waals surface area contributed by atoms with Gasteiger partial charge in [-0.25, -0.2) is 13.2 Å². The van der Waals surface area contributed by atoms with Crippen LogP contribution in [0, 0.1) is 0 Å². The van der Waals surface area contributed by atoms with Gasteiger partial charge < -0.3 is 20.1 Å². The van der Waals surface area contributed by atoms with Crippen LogP contribution in [0.2, 0.25) is 0 Å². The number of methoxy groups -OCH3 is 2. The molecule has 0 saturated carbocycles. The van der Waals surface area contributed by atoms with Crippen LogP contribution in [0.5, 0.6) is 5.75 Å². The Kier molecular flexibility index (Phi) is 5.30. The van der Waals surface area contributed by atoms with E-state index in [0.29, 0.717) is 15.9 Å². The van der Waals surface area contributed by atoms with E-state index in [2.05, 4.69) is 26.6 Å². The van der Waals surface area contributed by atoms with E-state index in [1.807, 2.05) is 0 Å². The number of sulfone groups is 1. The fourth-order valence-corrected chi connectivity index (χ4v) is 4.54. The number of benzene rings is 1. The molecule has 1 aliphatic rings. The summed E-state index contributed by atoms with van der Waals surface area (Å²) < 4.78 is 34.0. The zero-order chi connectivity index (χ0) is 16.3. The molecule has 7 nitrogen and oxygen atoms in total. The van der Waals surface area contributed by atoms with Gasteiger partial charge >= 0.3 is 6.03 Å². The summed E-state index contributed by atoms with van der Waals surface area (Å²) in [5.41, 5.74) is 0.549. The summed E-state index contributed by atoms with van der Waals surface area (Å²) in [7, 11) is -0.208. The fraction of sp³-hybridized carbons (Fsp3) is 0.462. The maximum absolute atomic E-state index is 12.0. The highest BCUT2D eigenvalue weighted by molar-refractivity contribution is 9.10. The second-order valence-corrected chi connectivity index (χ2v) is 7.91. The maximum atomic E-state index is 12.0. The van der Waals surface area contributed by atoms with Crippen molar-refractivity contribution in [2.75, 3.05) is 31.0 Å². The van der Waals surface area contributed by atoms with E-state index in [1.165, 1.54) is 7.11 Å². The summed E-state index contributed by atoms with van der Waals surface area (Å²) in [5.74, 6) is 0.447. The summed E-state index contributed by atoms with van der Waals surface area (Å²) in [6, 6.07) is 4.05. The van der Waals surface area contributed by atoms with Crippen molar-refractivity contribution in [1.29, 1.82) is 0 Å². The number of amides is 2. The third-order valence-electron chi connectivity index (χ3n) is 3.34. The van der Waals surface area contributed by atoms with Crippen LogP contribution >= 0.6 is 15.9 Å². The molecule has 2 N–H and O–H groups in total. The lowest BCUT2D eigenvalue weighted by Crippen LogP contribution is -2.45. The molecule has 2 amide bonds. The van der Waals surface area contributed by atoms with Crippen LogP contribution in [0.3, 0.4) is 0 Å². The number of carbonyl (C=O) groups is 1. The van der Waals surface area contributed by atoms with Crippen molar-refractivity contribution < 1.29 is 22.7 Å². The summed E-state index contributed by atoms with van der Waals surface area (Å²) in [6.07, 6.45) is -0.532. The maximum Gasteiger partial charge on any atom is 0.319 e. The minimum absolute atomic E-state index is 0.0827. The quantitative estimate of drug-likeness (QED) is 0.807. The minimum atomic E-state index is -3.19. The van der Waals surface area contributed by atoms with Crippen LogP contribution in [-0.2, 0) is 14.6 Å². The lowest BCUT2D eigenvalue weighted by atomic mass is 10.2. The van der Waals surface area contributed by atoms with Gasteiger partial charge in [-0.2, -0.15) is 0 Å². The molecule has 0 radical (unpaired) electrons. The first-order chi connectivity index (χ1) is 10.3. The molecule has 0 aliphatic carbocycles. The van der Waals surface area contributed by atoms with Gasteiger partial charge in [0, 0.05) is 11.6 Å². The van der Waals surface area contributed by atoms with Crippen molar-refractivity contribution in [1.82, 2.24) is 5.32 Å². The molecule has 1 aromatic carbocycles. The van der Waals surface area contributed by atoms with Gasteiger partial charge in [0.05, 0.1) is 36.4 Å². The van der Waals surface area contributed by atoms with E-state index in [9.17, 15) is 13.2 Å². The lowest BCUT2D eigenvalue weighted by molar-refractivity contribution is 0.102. The Hall–Kier alpha value is -1.32. The Labute approximate surface area is 137 Å². The zero-order valence-corrected chi connectivity index (χ0v) is 14.5. The molecule has 1 aromatic rings. The van der Waals surface area contributed by atoms with Crippen molar-refractivity contribution in [3.05, 3.63) is 22.7 Å². The number of nitrogens with one attached hydrogen (secondary N) is 2. The standard InChI is InChI=1S/C13H17BrN2O5S/c1-20-8-3-4-10(9(14)5-8)15-13(17)16-11-6-22(18,19)7-12(11)21-2/h3-5,11-12H,6-7H2,1-2H3,(H2,15,16,17). The molecule has 0 bridgehead atoms. The van der Waals surface area contributed by atoms with Crippen molar-refractivity contribution in [3.63, 3.8) is 0 Å². The summed E-state index contributed by atoms with van der Waals surface area (Å²) in [5, 5.41) is 5.29. The molecule has 2 rings (SSSR count). The number of urea groups is 1. The average Bonchev–Trinajstić information content (AvgIpc) is 2.75. The van der Waals surface area contributed by atoms with Gasteiger partial charge in [-0.05, 0) is 34.1 Å². The molecule has 2 unspecified atom stereocenters. The molecule has 122 valence electrons. The van der Waals surface area contributed by atoms with Crippen LogP contribution < -0.4 is 15.4 Å². The largest absolute Gasteiger partial charge is 0.497 e. The van der Waals surface area contributed by atoms with E-state index in [1.54, 1.807) is 25.3 Å². The lowest BCUT2D eigenvalue weighted by Gasteiger charge is -2.18. The SMILES string of the molecule is COc1ccc(NC(=O)NC2CS(=O)(=O)CC2OC)c(Br)c1. The first-order valence-electron chi connectivity index (χ1n) is 6.49. The number of hydrogen-bond acceptors (Lipinski definition) is 5. The van der Waals surface area contributed by atoms with Crippen LogP contribution in [0.15, 0.2) is 22.7 Å². The normalized spacial score (nSPS) is 23.0. The van der Waals surface area contributed by atoms with Crippen molar-refractivity contribution >= 4 is 37.5 Å². The molecule has 2 atom stereocenters. The van der Waals surface area contributed by atoms with Crippen LogP contribution in [0.1, 0.15) is 0 Å². The minimum Gasteiger partial charge on any atom is -0.497 e. The summed E-state index contributed by atoms with van der Waals surface area (Å²) >= 11 is 3.33. The second kappa shape index (κ2) is 6.84. The Bertz CT molecular complexity index is 664. The fourth-order valence-electron chi connectivity index (χ4n) is 2.23. The number of rotatable bonds is 4. The molecule has 9 heteroatoms. The number of hydrogen-bond donors (Lipinski definition) is 2. The molecule has 22 heavy (non-hydrogen) atoms. The predicted molar refractivity (Wildman–Crippen MR) is 86.1 cm³/mol. The summed E-state index contributed by atoms with van der Waals surface area (Å²) in [4.78, 5) is 12.0. The number of ether oxygens (including phenoxy) is 2. The number of anilines is 1. The van der Waals surface area contributed by atoms with Gasteiger partial charge in [0.25, 0.3) is 0 Å². The molecule has 0 spiro atoms. The Morgan fingerprint density at radius 2 is 2.05 bits per heavy atom. The summed E-state index contributed by atoms with van der Waals surface area (Å²) in [6.45, 7) is 0. The molecular formula is C13H17BrN2O5S. The first kappa shape index (κ1) is 17.0. The predicted octanol–water partition coefficient (Wildman–Crippen LogP) is 1.39. The third kappa shape index (κ3) is 4.11. The van der Waals surface area contributed by atoms with E-state index in [-0.39, 0.29) is 11.5 Å². The molecule has 1 aliphatic heterocycles. The highest BCUT2D eigenvalue weighted by atomic mass is 79.9. The van der Waals surface area contributed by atoms with Gasteiger partial charge in [-0.15, -0.1) is 0 Å². The van der Waals surface area contributed by atoms with E-state index in [0.717, 1.165) is 0 Å². The second-order valence-electron chi connectivity index (χ2n) is 4.90. The monoisotopic (exact) mass is 392 g/mol. The van der Waals surface area contributed by atoms with Gasteiger partial charge in [0.1, 0.15) is 5.75 Å². The Balaban J connectivity index is 2.01.